The van der Waals surface area contributed by atoms with Gasteiger partial charge in [0.2, 0.25) is 0 Å². The first-order chi connectivity index (χ1) is 8.20. The molecule has 0 aliphatic carbocycles. The van der Waals surface area contributed by atoms with Crippen molar-refractivity contribution < 1.29 is 9.50 Å². The molecule has 0 saturated heterocycles. The quantitative estimate of drug-likeness (QED) is 0.913. The van der Waals surface area contributed by atoms with Crippen LogP contribution in [0.4, 0.5) is 4.39 Å². The fourth-order valence-electron chi connectivity index (χ4n) is 1.46. The first kappa shape index (κ1) is 12.0. The van der Waals surface area contributed by atoms with Gasteiger partial charge in [0.1, 0.15) is 11.6 Å². The van der Waals surface area contributed by atoms with Crippen molar-refractivity contribution in [3.63, 3.8) is 0 Å². The second-order valence-corrected chi connectivity index (χ2v) is 3.89. The summed E-state index contributed by atoms with van der Waals surface area (Å²) in [6.45, 7) is -0.0402. The van der Waals surface area contributed by atoms with Crippen molar-refractivity contribution in [3.8, 4) is 11.3 Å². The molecular formula is C12H10ClFN2O. The van der Waals surface area contributed by atoms with Gasteiger partial charge >= 0.3 is 0 Å². The maximum Gasteiger partial charge on any atom is 0.132 e. The third-order valence-corrected chi connectivity index (χ3v) is 2.48. The van der Waals surface area contributed by atoms with Gasteiger partial charge in [-0.15, -0.1) is 0 Å². The predicted octanol–water partition coefficient (Wildman–Crippen LogP) is 2.47. The second kappa shape index (κ2) is 5.21. The highest BCUT2D eigenvalue weighted by Crippen LogP contribution is 2.24. The van der Waals surface area contributed by atoms with Crippen molar-refractivity contribution in [2.75, 3.05) is 6.61 Å². The maximum atomic E-state index is 13.6. The number of hydrogen-bond donors (Lipinski definition) is 1. The van der Waals surface area contributed by atoms with Gasteiger partial charge in [-0.2, -0.15) is 0 Å². The molecule has 0 atom stereocenters. The van der Waals surface area contributed by atoms with E-state index in [1.165, 1.54) is 24.4 Å². The van der Waals surface area contributed by atoms with Crippen LogP contribution in [0.1, 0.15) is 5.82 Å². The van der Waals surface area contributed by atoms with Crippen molar-refractivity contribution in [1.82, 2.24) is 9.97 Å². The number of nitrogens with zero attached hydrogens (tertiary/aromatic N) is 2. The van der Waals surface area contributed by atoms with Crippen LogP contribution in [0, 0.1) is 5.82 Å². The minimum absolute atomic E-state index is 0.0402. The topological polar surface area (TPSA) is 46.0 Å². The summed E-state index contributed by atoms with van der Waals surface area (Å²) in [6.07, 6.45) is 1.88. The standard InChI is InChI=1S/C12H10ClFN2O/c13-8-1-2-10(14)9(7-8)11-3-5-15-12(16-11)4-6-17/h1-3,5,7,17H,4,6H2. The van der Waals surface area contributed by atoms with Gasteiger partial charge in [-0.25, -0.2) is 14.4 Å². The fourth-order valence-corrected chi connectivity index (χ4v) is 1.64. The Morgan fingerprint density at radius 2 is 2.12 bits per heavy atom. The van der Waals surface area contributed by atoms with E-state index in [-0.39, 0.29) is 12.4 Å². The molecule has 0 aliphatic heterocycles. The Labute approximate surface area is 103 Å². The lowest BCUT2D eigenvalue weighted by Gasteiger charge is -2.04. The average Bonchev–Trinajstić information content (AvgIpc) is 2.33. The van der Waals surface area contributed by atoms with E-state index in [9.17, 15) is 4.39 Å². The lowest BCUT2D eigenvalue weighted by molar-refractivity contribution is 0.296. The van der Waals surface area contributed by atoms with Crippen molar-refractivity contribution in [2.45, 2.75) is 6.42 Å². The zero-order chi connectivity index (χ0) is 12.3. The van der Waals surface area contributed by atoms with Crippen molar-refractivity contribution in [2.24, 2.45) is 0 Å². The van der Waals surface area contributed by atoms with Gasteiger partial charge in [-0.3, -0.25) is 0 Å². The molecule has 1 N–H and O–H groups in total. The number of benzene rings is 1. The lowest BCUT2D eigenvalue weighted by Crippen LogP contribution is -2.00. The summed E-state index contributed by atoms with van der Waals surface area (Å²) < 4.78 is 13.6. The van der Waals surface area contributed by atoms with Crippen LogP contribution in [-0.4, -0.2) is 21.7 Å². The van der Waals surface area contributed by atoms with E-state index in [0.717, 1.165) is 0 Å². The monoisotopic (exact) mass is 252 g/mol. The van der Waals surface area contributed by atoms with Gasteiger partial charge in [-0.1, -0.05) is 11.6 Å². The van der Waals surface area contributed by atoms with E-state index < -0.39 is 0 Å². The highest BCUT2D eigenvalue weighted by molar-refractivity contribution is 6.30. The molecule has 1 aromatic carbocycles. The van der Waals surface area contributed by atoms with Gasteiger partial charge in [0.25, 0.3) is 0 Å². The molecule has 0 bridgehead atoms. The molecule has 0 radical (unpaired) electrons. The Morgan fingerprint density at radius 3 is 2.88 bits per heavy atom. The van der Waals surface area contributed by atoms with E-state index in [0.29, 0.717) is 28.5 Å². The molecule has 1 aromatic heterocycles. The van der Waals surface area contributed by atoms with E-state index in [4.69, 9.17) is 16.7 Å². The Hall–Kier alpha value is -1.52. The summed E-state index contributed by atoms with van der Waals surface area (Å²) >= 11 is 5.82. The van der Waals surface area contributed by atoms with Gasteiger partial charge in [0.05, 0.1) is 12.3 Å². The highest BCUT2D eigenvalue weighted by atomic mass is 35.5. The van der Waals surface area contributed by atoms with E-state index in [2.05, 4.69) is 9.97 Å². The Morgan fingerprint density at radius 1 is 1.29 bits per heavy atom. The van der Waals surface area contributed by atoms with E-state index in [1.807, 2.05) is 0 Å². The Kier molecular flexibility index (Phi) is 3.66. The number of rotatable bonds is 3. The van der Waals surface area contributed by atoms with Crippen LogP contribution < -0.4 is 0 Å². The van der Waals surface area contributed by atoms with Gasteiger partial charge in [0, 0.05) is 23.2 Å². The second-order valence-electron chi connectivity index (χ2n) is 3.46. The zero-order valence-electron chi connectivity index (χ0n) is 8.90. The Bertz CT molecular complexity index is 534. The average molecular weight is 253 g/mol. The molecule has 0 aliphatic rings. The highest BCUT2D eigenvalue weighted by Gasteiger charge is 2.08. The first-order valence-corrected chi connectivity index (χ1v) is 5.46. The fraction of sp³-hybridized carbons (Fsp3) is 0.167. The van der Waals surface area contributed by atoms with Gasteiger partial charge < -0.3 is 5.11 Å². The van der Waals surface area contributed by atoms with Crippen LogP contribution in [0.3, 0.4) is 0 Å². The number of aliphatic hydroxyl groups is 1. The van der Waals surface area contributed by atoms with Crippen LogP contribution in [0.5, 0.6) is 0 Å². The Balaban J connectivity index is 2.45. The minimum atomic E-state index is -0.386. The van der Waals surface area contributed by atoms with Crippen LogP contribution in [-0.2, 0) is 6.42 Å². The predicted molar refractivity (Wildman–Crippen MR) is 63.2 cm³/mol. The first-order valence-electron chi connectivity index (χ1n) is 5.09. The largest absolute Gasteiger partial charge is 0.396 e. The summed E-state index contributed by atoms with van der Waals surface area (Å²) in [4.78, 5) is 8.15. The summed E-state index contributed by atoms with van der Waals surface area (Å²) in [7, 11) is 0. The molecule has 0 amide bonds. The molecule has 5 heteroatoms. The normalized spacial score (nSPS) is 10.5. The lowest BCUT2D eigenvalue weighted by atomic mass is 10.1. The van der Waals surface area contributed by atoms with E-state index >= 15 is 0 Å². The van der Waals surface area contributed by atoms with Gasteiger partial charge in [0.15, 0.2) is 0 Å². The smallest absolute Gasteiger partial charge is 0.132 e. The summed E-state index contributed by atoms with van der Waals surface area (Å²) in [5, 5.41) is 9.25. The molecule has 2 rings (SSSR count). The molecular weight excluding hydrogens is 243 g/mol. The molecule has 3 nitrogen and oxygen atoms in total. The molecule has 0 unspecified atom stereocenters. The SMILES string of the molecule is OCCc1nccc(-c2cc(Cl)ccc2F)n1. The molecule has 88 valence electrons. The van der Waals surface area contributed by atoms with E-state index in [1.54, 1.807) is 6.07 Å². The van der Waals surface area contributed by atoms with Gasteiger partial charge in [-0.05, 0) is 24.3 Å². The van der Waals surface area contributed by atoms with Crippen molar-refractivity contribution in [1.29, 1.82) is 0 Å². The number of aromatic nitrogens is 2. The number of aliphatic hydroxyl groups excluding tert-OH is 1. The third kappa shape index (κ3) is 2.78. The van der Waals surface area contributed by atoms with Crippen LogP contribution >= 0.6 is 11.6 Å². The number of halogens is 2. The minimum Gasteiger partial charge on any atom is -0.396 e. The molecule has 0 fully saturated rings. The van der Waals surface area contributed by atoms with Crippen LogP contribution in [0.15, 0.2) is 30.5 Å². The number of hydrogen-bond acceptors (Lipinski definition) is 3. The molecule has 2 aromatic rings. The van der Waals surface area contributed by atoms with Crippen LogP contribution in [0.25, 0.3) is 11.3 Å². The summed E-state index contributed by atoms with van der Waals surface area (Å²) in [5.41, 5.74) is 0.794. The molecule has 17 heavy (non-hydrogen) atoms. The third-order valence-electron chi connectivity index (χ3n) is 2.25. The van der Waals surface area contributed by atoms with Crippen molar-refractivity contribution >= 4 is 11.6 Å². The zero-order valence-corrected chi connectivity index (χ0v) is 9.65. The molecule has 1 heterocycles. The summed E-state index contributed by atoms with van der Waals surface area (Å²) in [5.74, 6) is 0.0902. The molecule has 0 saturated carbocycles. The molecule has 0 spiro atoms. The maximum absolute atomic E-state index is 13.6. The van der Waals surface area contributed by atoms with Crippen molar-refractivity contribution in [3.05, 3.63) is 47.1 Å². The van der Waals surface area contributed by atoms with Crippen LogP contribution in [0.2, 0.25) is 5.02 Å². The summed E-state index contributed by atoms with van der Waals surface area (Å²) in [6, 6.07) is 5.90.